The van der Waals surface area contributed by atoms with Gasteiger partial charge in [0.2, 0.25) is 0 Å². The number of anilines is 1. The van der Waals surface area contributed by atoms with Gasteiger partial charge in [-0.15, -0.1) is 0 Å². The Labute approximate surface area is 109 Å². The monoisotopic (exact) mass is 252 g/mol. The minimum Gasteiger partial charge on any atom is -0.395 e. The number of nitrogens with two attached hydrogens (primary N) is 1. The van der Waals surface area contributed by atoms with Crippen molar-refractivity contribution in [1.29, 1.82) is 0 Å². The van der Waals surface area contributed by atoms with Crippen LogP contribution in [0.4, 0.5) is 5.69 Å². The molecule has 1 rings (SSSR count). The zero-order chi connectivity index (χ0) is 13.9. The van der Waals surface area contributed by atoms with Crippen LogP contribution in [0.2, 0.25) is 0 Å². The van der Waals surface area contributed by atoms with E-state index in [-0.39, 0.29) is 11.9 Å². The lowest BCUT2D eigenvalue weighted by Crippen LogP contribution is -2.34. The first-order valence-electron chi connectivity index (χ1n) is 6.42. The first-order valence-corrected chi connectivity index (χ1v) is 6.42. The van der Waals surface area contributed by atoms with E-state index in [0.717, 1.165) is 12.8 Å². The standard InChI is InChI=1S/C13H24N4O/c1-8(2)6-7-9(3)15-13(18)12-11(14)10(4)16-17(12)5/h8-9H,6-7,14H2,1-5H3,(H,15,18). The van der Waals surface area contributed by atoms with E-state index in [1.54, 1.807) is 14.0 Å². The van der Waals surface area contributed by atoms with E-state index in [0.29, 0.717) is 23.0 Å². The Morgan fingerprint density at radius 2 is 2.00 bits per heavy atom. The Balaban J connectivity index is 2.65. The van der Waals surface area contributed by atoms with Gasteiger partial charge in [-0.1, -0.05) is 13.8 Å². The molecular formula is C13H24N4O. The van der Waals surface area contributed by atoms with Crippen molar-refractivity contribution in [3.05, 3.63) is 11.4 Å². The predicted octanol–water partition coefficient (Wildman–Crippen LogP) is 1.87. The highest BCUT2D eigenvalue weighted by Crippen LogP contribution is 2.15. The minimum absolute atomic E-state index is 0.146. The summed E-state index contributed by atoms with van der Waals surface area (Å²) in [7, 11) is 1.73. The van der Waals surface area contributed by atoms with Crippen molar-refractivity contribution in [3.8, 4) is 0 Å². The fourth-order valence-corrected chi connectivity index (χ4v) is 1.89. The highest BCUT2D eigenvalue weighted by Gasteiger charge is 2.19. The molecule has 5 nitrogen and oxygen atoms in total. The summed E-state index contributed by atoms with van der Waals surface area (Å²) >= 11 is 0. The van der Waals surface area contributed by atoms with E-state index >= 15 is 0 Å². The van der Waals surface area contributed by atoms with E-state index in [2.05, 4.69) is 24.3 Å². The molecule has 0 spiro atoms. The molecule has 1 aromatic rings. The maximum atomic E-state index is 12.1. The Bertz CT molecular complexity index is 423. The number of carbonyl (C=O) groups is 1. The largest absolute Gasteiger partial charge is 0.395 e. The summed E-state index contributed by atoms with van der Waals surface area (Å²) in [6.07, 6.45) is 2.07. The molecule has 102 valence electrons. The van der Waals surface area contributed by atoms with Gasteiger partial charge in [0.05, 0.1) is 11.4 Å². The van der Waals surface area contributed by atoms with Gasteiger partial charge in [-0.2, -0.15) is 5.10 Å². The minimum atomic E-state index is -0.146. The Kier molecular flexibility index (Phi) is 4.76. The normalized spacial score (nSPS) is 12.8. The molecule has 0 radical (unpaired) electrons. The van der Waals surface area contributed by atoms with Crippen LogP contribution in [0, 0.1) is 12.8 Å². The van der Waals surface area contributed by atoms with E-state index < -0.39 is 0 Å². The number of nitrogen functional groups attached to an aromatic ring is 1. The number of carbonyl (C=O) groups excluding carboxylic acids is 1. The molecule has 1 unspecified atom stereocenters. The Morgan fingerprint density at radius 1 is 1.39 bits per heavy atom. The van der Waals surface area contributed by atoms with Gasteiger partial charge in [0.25, 0.3) is 5.91 Å². The third-order valence-electron chi connectivity index (χ3n) is 3.04. The third-order valence-corrected chi connectivity index (χ3v) is 3.04. The van der Waals surface area contributed by atoms with Crippen LogP contribution in [0.1, 0.15) is 49.8 Å². The number of amides is 1. The molecule has 0 aliphatic heterocycles. The van der Waals surface area contributed by atoms with E-state index in [1.165, 1.54) is 4.68 Å². The number of aromatic nitrogens is 2. The zero-order valence-corrected chi connectivity index (χ0v) is 11.9. The SMILES string of the molecule is Cc1nn(C)c(C(=O)NC(C)CCC(C)C)c1N. The molecule has 0 saturated heterocycles. The molecule has 0 aromatic carbocycles. The van der Waals surface area contributed by atoms with Crippen molar-refractivity contribution < 1.29 is 4.79 Å². The summed E-state index contributed by atoms with van der Waals surface area (Å²) in [6, 6.07) is 0.148. The lowest BCUT2D eigenvalue weighted by Gasteiger charge is -2.15. The van der Waals surface area contributed by atoms with E-state index in [1.807, 2.05) is 6.92 Å². The summed E-state index contributed by atoms with van der Waals surface area (Å²) in [5, 5.41) is 7.11. The lowest BCUT2D eigenvalue weighted by molar-refractivity contribution is 0.0928. The molecule has 0 saturated carbocycles. The van der Waals surface area contributed by atoms with Crippen molar-refractivity contribution in [2.45, 2.75) is 46.6 Å². The van der Waals surface area contributed by atoms with Crippen LogP contribution in [-0.4, -0.2) is 21.7 Å². The number of aryl methyl sites for hydroxylation is 2. The second kappa shape index (κ2) is 5.89. The second-order valence-corrected chi connectivity index (χ2v) is 5.32. The highest BCUT2D eigenvalue weighted by atomic mass is 16.2. The Morgan fingerprint density at radius 3 is 2.44 bits per heavy atom. The average molecular weight is 252 g/mol. The predicted molar refractivity (Wildman–Crippen MR) is 73.4 cm³/mol. The Hall–Kier alpha value is -1.52. The molecule has 5 heteroatoms. The molecule has 0 fully saturated rings. The van der Waals surface area contributed by atoms with Crippen LogP contribution in [0.15, 0.2) is 0 Å². The van der Waals surface area contributed by atoms with Crippen LogP contribution in [0.5, 0.6) is 0 Å². The smallest absolute Gasteiger partial charge is 0.271 e. The number of nitrogens with one attached hydrogen (secondary N) is 1. The summed E-state index contributed by atoms with van der Waals surface area (Å²) < 4.78 is 1.54. The van der Waals surface area contributed by atoms with Gasteiger partial charge in [-0.25, -0.2) is 0 Å². The quantitative estimate of drug-likeness (QED) is 0.840. The molecular weight excluding hydrogens is 228 g/mol. The summed E-state index contributed by atoms with van der Waals surface area (Å²) in [5.74, 6) is 0.500. The third kappa shape index (κ3) is 3.48. The van der Waals surface area contributed by atoms with Crippen LogP contribution in [-0.2, 0) is 7.05 Å². The van der Waals surface area contributed by atoms with Gasteiger partial charge in [-0.3, -0.25) is 9.48 Å². The summed E-state index contributed by atoms with van der Waals surface area (Å²) in [5.41, 5.74) is 7.46. The van der Waals surface area contributed by atoms with Crippen LogP contribution < -0.4 is 11.1 Å². The van der Waals surface area contributed by atoms with Crippen LogP contribution in [0.3, 0.4) is 0 Å². The molecule has 1 aromatic heterocycles. The highest BCUT2D eigenvalue weighted by molar-refractivity contribution is 5.98. The lowest BCUT2D eigenvalue weighted by atomic mass is 10.0. The molecule has 3 N–H and O–H groups in total. The van der Waals surface area contributed by atoms with E-state index in [4.69, 9.17) is 5.73 Å². The van der Waals surface area contributed by atoms with E-state index in [9.17, 15) is 4.79 Å². The molecule has 1 heterocycles. The van der Waals surface area contributed by atoms with Crippen molar-refractivity contribution in [3.63, 3.8) is 0 Å². The van der Waals surface area contributed by atoms with Crippen LogP contribution in [0.25, 0.3) is 0 Å². The number of nitrogens with zero attached hydrogens (tertiary/aromatic N) is 2. The maximum Gasteiger partial charge on any atom is 0.271 e. The molecule has 1 amide bonds. The van der Waals surface area contributed by atoms with Gasteiger partial charge in [0.15, 0.2) is 0 Å². The topological polar surface area (TPSA) is 72.9 Å². The fraction of sp³-hybridized carbons (Fsp3) is 0.692. The van der Waals surface area contributed by atoms with Crippen molar-refractivity contribution in [1.82, 2.24) is 15.1 Å². The van der Waals surface area contributed by atoms with Gasteiger partial charge >= 0.3 is 0 Å². The number of hydrogen-bond donors (Lipinski definition) is 2. The fourth-order valence-electron chi connectivity index (χ4n) is 1.89. The van der Waals surface area contributed by atoms with Crippen molar-refractivity contribution in [2.24, 2.45) is 13.0 Å². The number of hydrogen-bond acceptors (Lipinski definition) is 3. The molecule has 18 heavy (non-hydrogen) atoms. The first kappa shape index (κ1) is 14.5. The number of rotatable bonds is 5. The molecule has 0 aliphatic rings. The van der Waals surface area contributed by atoms with Gasteiger partial charge in [-0.05, 0) is 32.6 Å². The van der Waals surface area contributed by atoms with Crippen molar-refractivity contribution >= 4 is 11.6 Å². The zero-order valence-electron chi connectivity index (χ0n) is 11.9. The molecule has 0 bridgehead atoms. The summed E-state index contributed by atoms with van der Waals surface area (Å²) in [6.45, 7) is 8.17. The molecule has 0 aliphatic carbocycles. The average Bonchev–Trinajstić information content (AvgIpc) is 2.50. The van der Waals surface area contributed by atoms with Gasteiger partial charge in [0.1, 0.15) is 5.69 Å². The van der Waals surface area contributed by atoms with Gasteiger partial charge < -0.3 is 11.1 Å². The summed E-state index contributed by atoms with van der Waals surface area (Å²) in [4.78, 5) is 12.1. The second-order valence-electron chi connectivity index (χ2n) is 5.32. The maximum absolute atomic E-state index is 12.1. The molecule has 1 atom stereocenters. The first-order chi connectivity index (χ1) is 8.32. The van der Waals surface area contributed by atoms with Gasteiger partial charge in [0, 0.05) is 13.1 Å². The van der Waals surface area contributed by atoms with Crippen molar-refractivity contribution in [2.75, 3.05) is 5.73 Å². The van der Waals surface area contributed by atoms with Crippen LogP contribution >= 0.6 is 0 Å².